The minimum Gasteiger partial charge on any atom is -0.394 e. The van der Waals surface area contributed by atoms with E-state index in [2.05, 4.69) is 25.5 Å². The first-order valence-electron chi connectivity index (χ1n) is 9.15. The molecule has 0 aliphatic carbocycles. The predicted octanol–water partition coefficient (Wildman–Crippen LogP) is 2.33. The van der Waals surface area contributed by atoms with E-state index in [1.165, 1.54) is 16.1 Å². The molecule has 9 nitrogen and oxygen atoms in total. The molecule has 10 heteroatoms. The van der Waals surface area contributed by atoms with Gasteiger partial charge in [0.05, 0.1) is 35.5 Å². The van der Waals surface area contributed by atoms with Crippen molar-refractivity contribution < 1.29 is 9.90 Å². The third kappa shape index (κ3) is 3.17. The van der Waals surface area contributed by atoms with E-state index in [1.54, 1.807) is 23.0 Å². The first-order chi connectivity index (χ1) is 14.7. The molecule has 0 radical (unpaired) electrons. The van der Waals surface area contributed by atoms with E-state index in [0.717, 1.165) is 16.8 Å². The van der Waals surface area contributed by atoms with E-state index in [0.29, 0.717) is 21.9 Å². The van der Waals surface area contributed by atoms with Crippen molar-refractivity contribution in [3.63, 3.8) is 0 Å². The summed E-state index contributed by atoms with van der Waals surface area (Å²) in [6.07, 6.45) is 3.22. The molecule has 0 aliphatic rings. The topological polar surface area (TPSA) is 111 Å². The fourth-order valence-corrected chi connectivity index (χ4v) is 3.85. The number of aromatic nitrogens is 7. The minimum atomic E-state index is -0.0944. The molecule has 0 aliphatic heterocycles. The van der Waals surface area contributed by atoms with Crippen molar-refractivity contribution >= 4 is 22.8 Å². The second-order valence-electron chi connectivity index (χ2n) is 6.44. The van der Waals surface area contributed by atoms with Crippen LogP contribution in [0.2, 0.25) is 0 Å². The number of carbonyl (C=O) groups excluding carboxylic acids is 1. The fraction of sp³-hybridized carbons (Fsp3) is 0.100. The van der Waals surface area contributed by atoms with Gasteiger partial charge in [0.15, 0.2) is 5.65 Å². The van der Waals surface area contributed by atoms with Gasteiger partial charge < -0.3 is 5.11 Å². The molecule has 0 bridgehead atoms. The Morgan fingerprint density at radius 2 is 2.03 bits per heavy atom. The first kappa shape index (κ1) is 18.3. The smallest absolute Gasteiger partial charge is 0.208 e. The van der Waals surface area contributed by atoms with Crippen LogP contribution in [0.25, 0.3) is 28.3 Å². The lowest BCUT2D eigenvalue weighted by Gasteiger charge is -2.06. The van der Waals surface area contributed by atoms with Crippen LogP contribution in [-0.4, -0.2) is 52.3 Å². The van der Waals surface area contributed by atoms with Gasteiger partial charge >= 0.3 is 0 Å². The summed E-state index contributed by atoms with van der Waals surface area (Å²) in [6, 6.07) is 13.1. The predicted molar refractivity (Wildman–Crippen MR) is 110 cm³/mol. The number of hydrogen-bond acceptors (Lipinski definition) is 8. The van der Waals surface area contributed by atoms with Gasteiger partial charge in [0.1, 0.15) is 0 Å². The number of aliphatic hydroxyl groups excluding tert-OH is 1. The number of carbonyl (C=O) groups is 1. The Bertz CT molecular complexity index is 1340. The summed E-state index contributed by atoms with van der Waals surface area (Å²) in [7, 11) is 0. The quantitative estimate of drug-likeness (QED) is 0.422. The second-order valence-corrected chi connectivity index (χ2v) is 7.39. The second kappa shape index (κ2) is 7.58. The van der Waals surface area contributed by atoms with E-state index >= 15 is 0 Å². The van der Waals surface area contributed by atoms with Crippen molar-refractivity contribution in [3.05, 3.63) is 70.7 Å². The molecule has 0 atom stereocenters. The number of hydrogen-bond donors (Lipinski definition) is 1. The SMILES string of the molecule is O=C(c1cccs1)c1cnn2c(-c3cccc(-c4nnn(CCO)n4)c3)ccnc12. The van der Waals surface area contributed by atoms with Gasteiger partial charge in [0, 0.05) is 17.3 Å². The van der Waals surface area contributed by atoms with Crippen LogP contribution in [0.1, 0.15) is 15.2 Å². The van der Waals surface area contributed by atoms with Gasteiger partial charge in [-0.2, -0.15) is 9.90 Å². The van der Waals surface area contributed by atoms with E-state index in [9.17, 15) is 4.79 Å². The molecule has 1 N–H and O–H groups in total. The number of aliphatic hydroxyl groups is 1. The molecule has 4 heterocycles. The highest BCUT2D eigenvalue weighted by Gasteiger charge is 2.18. The first-order valence-corrected chi connectivity index (χ1v) is 10.0. The Morgan fingerprint density at radius 1 is 1.13 bits per heavy atom. The molecule has 4 aromatic heterocycles. The van der Waals surface area contributed by atoms with Crippen molar-refractivity contribution in [1.82, 2.24) is 34.8 Å². The zero-order valence-electron chi connectivity index (χ0n) is 15.6. The van der Waals surface area contributed by atoms with E-state index in [4.69, 9.17) is 5.11 Å². The molecule has 148 valence electrons. The molecule has 30 heavy (non-hydrogen) atoms. The largest absolute Gasteiger partial charge is 0.394 e. The summed E-state index contributed by atoms with van der Waals surface area (Å²) >= 11 is 1.39. The molecule has 5 rings (SSSR count). The molecule has 0 amide bonds. The van der Waals surface area contributed by atoms with Crippen LogP contribution in [0.3, 0.4) is 0 Å². The summed E-state index contributed by atoms with van der Waals surface area (Å²) in [5, 5.41) is 27.6. The normalized spacial score (nSPS) is 11.2. The highest BCUT2D eigenvalue weighted by Crippen LogP contribution is 2.26. The Hall–Kier alpha value is -3.76. The van der Waals surface area contributed by atoms with Crippen molar-refractivity contribution in [1.29, 1.82) is 0 Å². The van der Waals surface area contributed by atoms with Gasteiger partial charge in [-0.15, -0.1) is 21.5 Å². The average Bonchev–Trinajstić information content (AvgIpc) is 3.54. The van der Waals surface area contributed by atoms with Gasteiger partial charge in [-0.05, 0) is 28.8 Å². The van der Waals surface area contributed by atoms with E-state index < -0.39 is 0 Å². The third-order valence-corrected chi connectivity index (χ3v) is 5.43. The maximum atomic E-state index is 12.8. The Kier molecular flexibility index (Phi) is 4.62. The van der Waals surface area contributed by atoms with Gasteiger partial charge in [0.2, 0.25) is 11.6 Å². The highest BCUT2D eigenvalue weighted by molar-refractivity contribution is 7.12. The third-order valence-electron chi connectivity index (χ3n) is 4.56. The molecular formula is C20H15N7O2S. The number of nitrogens with zero attached hydrogens (tertiary/aromatic N) is 7. The van der Waals surface area contributed by atoms with Crippen LogP contribution in [0.15, 0.2) is 60.2 Å². The number of ketones is 1. The summed E-state index contributed by atoms with van der Waals surface area (Å²) < 4.78 is 1.66. The number of benzene rings is 1. The Balaban J connectivity index is 1.56. The fourth-order valence-electron chi connectivity index (χ4n) is 3.17. The van der Waals surface area contributed by atoms with Crippen LogP contribution in [0.4, 0.5) is 0 Å². The van der Waals surface area contributed by atoms with Gasteiger partial charge in [0.25, 0.3) is 0 Å². The van der Waals surface area contributed by atoms with Gasteiger partial charge in [-0.25, -0.2) is 9.50 Å². The molecule has 0 unspecified atom stereocenters. The summed E-state index contributed by atoms with van der Waals surface area (Å²) in [5.41, 5.74) is 3.41. The molecule has 1 aromatic carbocycles. The zero-order chi connectivity index (χ0) is 20.5. The van der Waals surface area contributed by atoms with Crippen LogP contribution in [-0.2, 0) is 6.54 Å². The van der Waals surface area contributed by atoms with E-state index in [-0.39, 0.29) is 18.9 Å². The van der Waals surface area contributed by atoms with Gasteiger partial charge in [-0.3, -0.25) is 4.79 Å². The summed E-state index contributed by atoms with van der Waals surface area (Å²) in [5.74, 6) is 0.368. The van der Waals surface area contributed by atoms with Crippen LogP contribution in [0.5, 0.6) is 0 Å². The highest BCUT2D eigenvalue weighted by atomic mass is 32.1. The lowest BCUT2D eigenvalue weighted by molar-refractivity contribution is 0.104. The van der Waals surface area contributed by atoms with Crippen molar-refractivity contribution in [3.8, 4) is 22.6 Å². The number of tetrazole rings is 1. The maximum Gasteiger partial charge on any atom is 0.208 e. The van der Waals surface area contributed by atoms with Crippen molar-refractivity contribution in [2.75, 3.05) is 6.61 Å². The molecule has 0 saturated carbocycles. The lowest BCUT2D eigenvalue weighted by atomic mass is 10.1. The van der Waals surface area contributed by atoms with E-state index in [1.807, 2.05) is 41.8 Å². The molecule has 5 aromatic rings. The molecule has 0 saturated heterocycles. The molecule has 0 fully saturated rings. The molecular weight excluding hydrogens is 402 g/mol. The van der Waals surface area contributed by atoms with Crippen LogP contribution < -0.4 is 0 Å². The van der Waals surface area contributed by atoms with Crippen molar-refractivity contribution in [2.45, 2.75) is 6.54 Å². The van der Waals surface area contributed by atoms with Crippen LogP contribution in [0, 0.1) is 0 Å². The number of thiophene rings is 1. The number of rotatable bonds is 6. The monoisotopic (exact) mass is 417 g/mol. The standard InChI is InChI=1S/C20H15N7O2S/c28-9-8-26-24-19(23-25-26)14-4-1-3-13(11-14)16-6-7-21-20-15(12-22-27(16)20)18(29)17-5-2-10-30-17/h1-7,10-12,28H,8-9H2. The summed E-state index contributed by atoms with van der Waals surface area (Å²) in [6.45, 7) is 0.225. The van der Waals surface area contributed by atoms with Crippen LogP contribution >= 0.6 is 11.3 Å². The number of fused-ring (bicyclic) bond motifs is 1. The lowest BCUT2D eigenvalue weighted by Crippen LogP contribution is -2.05. The van der Waals surface area contributed by atoms with Crippen molar-refractivity contribution in [2.24, 2.45) is 0 Å². The van der Waals surface area contributed by atoms with Gasteiger partial charge in [-0.1, -0.05) is 24.3 Å². The summed E-state index contributed by atoms with van der Waals surface area (Å²) in [4.78, 5) is 19.2. The molecule has 0 spiro atoms. The average molecular weight is 417 g/mol. The maximum absolute atomic E-state index is 12.8. The minimum absolute atomic E-state index is 0.0589. The zero-order valence-corrected chi connectivity index (χ0v) is 16.4. The Labute approximate surface area is 174 Å². The Morgan fingerprint density at radius 3 is 2.87 bits per heavy atom.